The molecular formula is C18H32O6Si. The molecule has 0 aromatic heterocycles. The van der Waals surface area contributed by atoms with Crippen LogP contribution in [0.5, 0.6) is 0 Å². The average Bonchev–Trinajstić information content (AvgIpc) is 2.44. The van der Waals surface area contributed by atoms with Crippen LogP contribution in [0.15, 0.2) is 24.3 Å². The SMILES string of the molecule is CC(=O)OCC=C[C@H](O[Si](C)(C)C(C)(C)C)[C@@H](O)C=CCOC(C)=O. The van der Waals surface area contributed by atoms with Crippen molar-refractivity contribution in [3.8, 4) is 0 Å². The van der Waals surface area contributed by atoms with Gasteiger partial charge in [0.25, 0.3) is 0 Å². The Bertz CT molecular complexity index is 490. The van der Waals surface area contributed by atoms with Gasteiger partial charge in [0.15, 0.2) is 8.32 Å². The van der Waals surface area contributed by atoms with Crippen molar-refractivity contribution >= 4 is 20.3 Å². The van der Waals surface area contributed by atoms with Gasteiger partial charge in [0.2, 0.25) is 0 Å². The van der Waals surface area contributed by atoms with Crippen LogP contribution in [0.3, 0.4) is 0 Å². The first-order valence-electron chi connectivity index (χ1n) is 8.33. The van der Waals surface area contributed by atoms with Gasteiger partial charge in [-0.2, -0.15) is 0 Å². The van der Waals surface area contributed by atoms with Crippen LogP contribution >= 0.6 is 0 Å². The molecule has 0 unspecified atom stereocenters. The molecule has 7 heteroatoms. The lowest BCUT2D eigenvalue weighted by atomic mass is 10.2. The van der Waals surface area contributed by atoms with Crippen LogP contribution in [-0.2, 0) is 23.5 Å². The van der Waals surface area contributed by atoms with E-state index in [1.54, 1.807) is 18.2 Å². The van der Waals surface area contributed by atoms with E-state index < -0.39 is 20.5 Å². The molecule has 0 heterocycles. The van der Waals surface area contributed by atoms with Crippen molar-refractivity contribution in [2.45, 2.75) is 65.0 Å². The van der Waals surface area contributed by atoms with Gasteiger partial charge in [-0.25, -0.2) is 0 Å². The lowest BCUT2D eigenvalue weighted by Gasteiger charge is -2.39. The minimum atomic E-state index is -2.12. The van der Waals surface area contributed by atoms with Gasteiger partial charge in [0, 0.05) is 13.8 Å². The molecule has 0 aromatic carbocycles. The first-order chi connectivity index (χ1) is 11.4. The fraction of sp³-hybridized carbons (Fsp3) is 0.667. The molecule has 1 N–H and O–H groups in total. The molecule has 0 rings (SSSR count). The number of carbonyl (C=O) groups is 2. The zero-order chi connectivity index (χ0) is 19.7. The zero-order valence-electron chi connectivity index (χ0n) is 16.4. The largest absolute Gasteiger partial charge is 0.462 e. The normalized spacial score (nSPS) is 15.4. The molecule has 0 aliphatic carbocycles. The van der Waals surface area contributed by atoms with Gasteiger partial charge >= 0.3 is 11.9 Å². The number of hydrogen-bond donors (Lipinski definition) is 1. The Labute approximate surface area is 152 Å². The fourth-order valence-corrected chi connectivity index (χ4v) is 2.82. The van der Waals surface area contributed by atoms with E-state index in [1.165, 1.54) is 19.9 Å². The van der Waals surface area contributed by atoms with Gasteiger partial charge in [0.05, 0.1) is 6.10 Å². The van der Waals surface area contributed by atoms with Crippen LogP contribution in [0.2, 0.25) is 18.1 Å². The van der Waals surface area contributed by atoms with Gasteiger partial charge in [-0.3, -0.25) is 9.59 Å². The lowest BCUT2D eigenvalue weighted by molar-refractivity contribution is -0.140. The predicted molar refractivity (Wildman–Crippen MR) is 99.6 cm³/mol. The monoisotopic (exact) mass is 372 g/mol. The van der Waals surface area contributed by atoms with Crippen LogP contribution in [0, 0.1) is 0 Å². The summed E-state index contributed by atoms with van der Waals surface area (Å²) < 4.78 is 15.9. The highest BCUT2D eigenvalue weighted by atomic mass is 28.4. The molecule has 0 bridgehead atoms. The summed E-state index contributed by atoms with van der Waals surface area (Å²) in [7, 11) is -2.12. The summed E-state index contributed by atoms with van der Waals surface area (Å²) in [5, 5.41) is 10.4. The molecule has 0 radical (unpaired) electrons. The summed E-state index contributed by atoms with van der Waals surface area (Å²) in [4.78, 5) is 21.6. The third-order valence-corrected chi connectivity index (χ3v) is 8.47. The van der Waals surface area contributed by atoms with E-state index in [2.05, 4.69) is 33.9 Å². The van der Waals surface area contributed by atoms with Crippen LogP contribution in [-0.4, -0.2) is 50.8 Å². The van der Waals surface area contributed by atoms with Crippen LogP contribution in [0.1, 0.15) is 34.6 Å². The Morgan fingerprint density at radius 1 is 1.00 bits per heavy atom. The van der Waals surface area contributed by atoms with Crippen LogP contribution in [0.4, 0.5) is 0 Å². The maximum atomic E-state index is 10.8. The molecule has 0 amide bonds. The number of rotatable bonds is 9. The Balaban J connectivity index is 5.04. The topological polar surface area (TPSA) is 82.1 Å². The molecule has 0 spiro atoms. The number of aliphatic hydroxyl groups excluding tert-OH is 1. The highest BCUT2D eigenvalue weighted by Gasteiger charge is 2.39. The Hall–Kier alpha value is -1.44. The number of ether oxygens (including phenoxy) is 2. The number of esters is 2. The van der Waals surface area contributed by atoms with E-state index in [4.69, 9.17) is 13.9 Å². The molecule has 0 aliphatic rings. The standard InChI is InChI=1S/C18H32O6Si/c1-14(19)22-12-8-10-16(21)17(11-9-13-23-15(2)20)24-25(6,7)18(3,4)5/h8-11,16-17,21H,12-13H2,1-7H3/t16-,17-/m0/s1. The third-order valence-electron chi connectivity index (χ3n) is 4.00. The van der Waals surface area contributed by atoms with E-state index in [1.807, 2.05) is 0 Å². The van der Waals surface area contributed by atoms with Gasteiger partial charge < -0.3 is 19.0 Å². The second-order valence-electron chi connectivity index (χ2n) is 7.29. The van der Waals surface area contributed by atoms with Crippen molar-refractivity contribution in [1.29, 1.82) is 0 Å². The van der Waals surface area contributed by atoms with Crippen LogP contribution in [0.25, 0.3) is 0 Å². The predicted octanol–water partition coefficient (Wildman–Crippen LogP) is 2.98. The summed E-state index contributed by atoms with van der Waals surface area (Å²) in [6.07, 6.45) is 4.99. The highest BCUT2D eigenvalue weighted by Crippen LogP contribution is 2.37. The van der Waals surface area contributed by atoms with Gasteiger partial charge in [-0.15, -0.1) is 0 Å². The second kappa shape index (κ2) is 10.5. The zero-order valence-corrected chi connectivity index (χ0v) is 17.4. The van der Waals surface area contributed by atoms with E-state index in [0.717, 1.165) is 0 Å². The maximum absolute atomic E-state index is 10.8. The third kappa shape index (κ3) is 10.2. The maximum Gasteiger partial charge on any atom is 0.302 e. The Morgan fingerprint density at radius 2 is 1.44 bits per heavy atom. The fourth-order valence-electron chi connectivity index (χ4n) is 1.56. The van der Waals surface area contributed by atoms with Crippen molar-refractivity contribution in [2.75, 3.05) is 13.2 Å². The van der Waals surface area contributed by atoms with E-state index in [-0.39, 0.29) is 30.2 Å². The van der Waals surface area contributed by atoms with Crippen molar-refractivity contribution < 1.29 is 28.6 Å². The summed E-state index contributed by atoms with van der Waals surface area (Å²) in [6, 6.07) is 0. The molecule has 144 valence electrons. The molecule has 0 aliphatic heterocycles. The van der Waals surface area contributed by atoms with Gasteiger partial charge in [0.1, 0.15) is 19.3 Å². The Kier molecular flexibility index (Phi) is 9.92. The van der Waals surface area contributed by atoms with E-state index in [9.17, 15) is 14.7 Å². The lowest BCUT2D eigenvalue weighted by Crippen LogP contribution is -2.46. The van der Waals surface area contributed by atoms with Crippen molar-refractivity contribution in [2.24, 2.45) is 0 Å². The average molecular weight is 373 g/mol. The number of carbonyl (C=O) groups excluding carboxylic acids is 2. The summed E-state index contributed by atoms with van der Waals surface area (Å²) >= 11 is 0. The smallest absolute Gasteiger partial charge is 0.302 e. The molecule has 0 fully saturated rings. The molecular weight excluding hydrogens is 340 g/mol. The molecule has 6 nitrogen and oxygen atoms in total. The molecule has 0 aromatic rings. The summed E-state index contributed by atoms with van der Waals surface area (Å²) in [6.45, 7) is 13.4. The summed E-state index contributed by atoms with van der Waals surface area (Å²) in [5.74, 6) is -0.747. The van der Waals surface area contributed by atoms with E-state index >= 15 is 0 Å². The van der Waals surface area contributed by atoms with Crippen molar-refractivity contribution in [3.63, 3.8) is 0 Å². The van der Waals surface area contributed by atoms with E-state index in [0.29, 0.717) is 0 Å². The van der Waals surface area contributed by atoms with Crippen LogP contribution < -0.4 is 0 Å². The van der Waals surface area contributed by atoms with Gasteiger partial charge in [-0.1, -0.05) is 32.9 Å². The first kappa shape index (κ1) is 23.6. The van der Waals surface area contributed by atoms with Gasteiger partial charge in [-0.05, 0) is 30.3 Å². The minimum Gasteiger partial charge on any atom is -0.462 e. The highest BCUT2D eigenvalue weighted by molar-refractivity contribution is 6.74. The number of hydrogen-bond acceptors (Lipinski definition) is 6. The molecule has 25 heavy (non-hydrogen) atoms. The molecule has 2 atom stereocenters. The molecule has 0 saturated carbocycles. The first-order valence-corrected chi connectivity index (χ1v) is 11.2. The second-order valence-corrected chi connectivity index (χ2v) is 12.1. The summed E-state index contributed by atoms with van der Waals surface area (Å²) in [5.41, 5.74) is 0. The number of aliphatic hydroxyl groups is 1. The Morgan fingerprint density at radius 3 is 1.84 bits per heavy atom. The van der Waals surface area contributed by atoms with Crippen molar-refractivity contribution in [1.82, 2.24) is 0 Å². The minimum absolute atomic E-state index is 0.0177. The van der Waals surface area contributed by atoms with Crippen molar-refractivity contribution in [3.05, 3.63) is 24.3 Å². The molecule has 0 saturated heterocycles. The quantitative estimate of drug-likeness (QED) is 0.381.